The summed E-state index contributed by atoms with van der Waals surface area (Å²) in [5, 5.41) is 20.1. The third-order valence-corrected chi connectivity index (χ3v) is 3.61. The van der Waals surface area contributed by atoms with Crippen LogP contribution in [0.5, 0.6) is 0 Å². The molecule has 0 aliphatic heterocycles. The highest BCUT2D eigenvalue weighted by molar-refractivity contribution is 9.11. The van der Waals surface area contributed by atoms with E-state index in [1.54, 1.807) is 4.68 Å². The fraction of sp³-hybridized carbons (Fsp3) is 0.273. The van der Waals surface area contributed by atoms with Crippen LogP contribution in [0.3, 0.4) is 0 Å². The van der Waals surface area contributed by atoms with Crippen molar-refractivity contribution in [3.8, 4) is 11.4 Å². The molecular weight excluding hydrogens is 380 g/mol. The van der Waals surface area contributed by atoms with Gasteiger partial charge in [0.15, 0.2) is 5.82 Å². The number of aryl methyl sites for hydroxylation is 1. The van der Waals surface area contributed by atoms with Crippen LogP contribution in [0.15, 0.2) is 27.1 Å². The smallest absolute Gasteiger partial charge is 0.303 e. The lowest BCUT2D eigenvalue weighted by atomic mass is 10.2. The summed E-state index contributed by atoms with van der Waals surface area (Å²) >= 11 is 6.84. The molecule has 0 amide bonds. The van der Waals surface area contributed by atoms with Crippen molar-refractivity contribution in [3.63, 3.8) is 0 Å². The highest BCUT2D eigenvalue weighted by atomic mass is 79.9. The molecule has 0 saturated carbocycles. The van der Waals surface area contributed by atoms with Crippen molar-refractivity contribution in [1.29, 1.82) is 0 Å². The molecule has 0 aliphatic rings. The van der Waals surface area contributed by atoms with E-state index in [-0.39, 0.29) is 6.42 Å². The number of hydrogen-bond acceptors (Lipinski definition) is 4. The van der Waals surface area contributed by atoms with E-state index in [9.17, 15) is 4.79 Å². The molecule has 0 unspecified atom stereocenters. The fourth-order valence-electron chi connectivity index (χ4n) is 1.60. The maximum absolute atomic E-state index is 10.5. The van der Waals surface area contributed by atoms with Gasteiger partial charge in [-0.15, -0.1) is 5.10 Å². The number of carbonyl (C=O) groups is 1. The van der Waals surface area contributed by atoms with E-state index in [2.05, 4.69) is 47.4 Å². The summed E-state index contributed by atoms with van der Waals surface area (Å²) in [6.07, 6.45) is 0.586. The molecule has 0 atom stereocenters. The first-order chi connectivity index (χ1) is 9.08. The zero-order chi connectivity index (χ0) is 13.8. The Morgan fingerprint density at radius 1 is 1.37 bits per heavy atom. The van der Waals surface area contributed by atoms with Gasteiger partial charge in [0.25, 0.3) is 0 Å². The summed E-state index contributed by atoms with van der Waals surface area (Å²) in [5.41, 5.74) is 0.864. The van der Waals surface area contributed by atoms with Gasteiger partial charge in [-0.25, -0.2) is 4.68 Å². The predicted octanol–water partition coefficient (Wildman–Crippen LogP) is 2.73. The lowest BCUT2D eigenvalue weighted by Crippen LogP contribution is -2.05. The van der Waals surface area contributed by atoms with Gasteiger partial charge in [-0.2, -0.15) is 0 Å². The van der Waals surface area contributed by atoms with E-state index in [0.717, 1.165) is 14.5 Å². The predicted molar refractivity (Wildman–Crippen MR) is 75.5 cm³/mol. The Kier molecular flexibility index (Phi) is 4.65. The van der Waals surface area contributed by atoms with Crippen LogP contribution in [0.1, 0.15) is 12.8 Å². The van der Waals surface area contributed by atoms with Gasteiger partial charge in [0, 0.05) is 27.5 Å². The van der Waals surface area contributed by atoms with Crippen LogP contribution in [0.2, 0.25) is 0 Å². The largest absolute Gasteiger partial charge is 0.481 e. The average Bonchev–Trinajstić information content (AvgIpc) is 2.77. The van der Waals surface area contributed by atoms with Gasteiger partial charge in [0.2, 0.25) is 0 Å². The van der Waals surface area contributed by atoms with Crippen molar-refractivity contribution in [2.45, 2.75) is 19.4 Å². The molecule has 1 aromatic heterocycles. The molecule has 19 heavy (non-hydrogen) atoms. The van der Waals surface area contributed by atoms with Crippen molar-refractivity contribution < 1.29 is 9.90 Å². The average molecular weight is 390 g/mol. The molecule has 1 N–H and O–H groups in total. The standard InChI is InChI=1S/C11H10Br2N4O2/c12-7-3-4-8(9(13)6-7)11-14-15-16-17(11)5-1-2-10(18)19/h3-4,6H,1-2,5H2,(H,18,19). The molecule has 6 nitrogen and oxygen atoms in total. The van der Waals surface area contributed by atoms with Crippen molar-refractivity contribution in [2.75, 3.05) is 0 Å². The summed E-state index contributed by atoms with van der Waals surface area (Å²) in [6.45, 7) is 0.469. The zero-order valence-corrected chi connectivity index (χ0v) is 12.9. The number of carboxylic acid groups (broad SMARTS) is 1. The number of aromatic nitrogens is 4. The molecule has 0 bridgehead atoms. The van der Waals surface area contributed by atoms with E-state index in [1.165, 1.54) is 0 Å². The van der Waals surface area contributed by atoms with E-state index < -0.39 is 5.97 Å². The Balaban J connectivity index is 2.21. The highest BCUT2D eigenvalue weighted by Crippen LogP contribution is 2.29. The molecule has 0 spiro atoms. The van der Waals surface area contributed by atoms with Crippen LogP contribution in [0, 0.1) is 0 Å². The Morgan fingerprint density at radius 2 is 2.16 bits per heavy atom. The lowest BCUT2D eigenvalue weighted by molar-refractivity contribution is -0.137. The number of halogens is 2. The van der Waals surface area contributed by atoms with Gasteiger partial charge in [-0.05, 0) is 51.0 Å². The molecule has 8 heteroatoms. The Bertz CT molecular complexity index is 600. The van der Waals surface area contributed by atoms with Crippen molar-refractivity contribution in [2.24, 2.45) is 0 Å². The van der Waals surface area contributed by atoms with Crippen LogP contribution in [0.25, 0.3) is 11.4 Å². The van der Waals surface area contributed by atoms with Crippen molar-refractivity contribution in [1.82, 2.24) is 20.2 Å². The minimum Gasteiger partial charge on any atom is -0.481 e. The topological polar surface area (TPSA) is 80.9 Å². The number of nitrogens with zero attached hydrogens (tertiary/aromatic N) is 4. The number of hydrogen-bond donors (Lipinski definition) is 1. The molecule has 0 fully saturated rings. The number of rotatable bonds is 5. The molecule has 1 heterocycles. The Labute approximate surface area is 126 Å². The summed E-state index contributed by atoms with van der Waals surface area (Å²) in [5.74, 6) is -0.204. The van der Waals surface area contributed by atoms with Crippen LogP contribution in [-0.2, 0) is 11.3 Å². The minimum absolute atomic E-state index is 0.0980. The van der Waals surface area contributed by atoms with Crippen molar-refractivity contribution in [3.05, 3.63) is 27.1 Å². The normalized spacial score (nSPS) is 10.6. The summed E-state index contributed by atoms with van der Waals surface area (Å²) in [4.78, 5) is 10.5. The number of tetrazole rings is 1. The summed E-state index contributed by atoms with van der Waals surface area (Å²) in [7, 11) is 0. The zero-order valence-electron chi connectivity index (χ0n) is 9.75. The maximum Gasteiger partial charge on any atom is 0.303 e. The second-order valence-corrected chi connectivity index (χ2v) is 5.62. The minimum atomic E-state index is -0.820. The van der Waals surface area contributed by atoms with Gasteiger partial charge in [-0.3, -0.25) is 4.79 Å². The van der Waals surface area contributed by atoms with Crippen LogP contribution in [-0.4, -0.2) is 31.3 Å². The van der Waals surface area contributed by atoms with Crippen molar-refractivity contribution >= 4 is 37.8 Å². The van der Waals surface area contributed by atoms with Crippen LogP contribution >= 0.6 is 31.9 Å². The van der Waals surface area contributed by atoms with E-state index >= 15 is 0 Å². The molecular formula is C11H10Br2N4O2. The summed E-state index contributed by atoms with van der Waals surface area (Å²) in [6, 6.07) is 5.70. The van der Waals surface area contributed by atoms with Crippen LogP contribution in [0.4, 0.5) is 0 Å². The maximum atomic E-state index is 10.5. The molecule has 100 valence electrons. The van der Waals surface area contributed by atoms with Gasteiger partial charge in [0.1, 0.15) is 0 Å². The Hall–Kier alpha value is -1.28. The molecule has 0 saturated heterocycles. The number of carboxylic acids is 1. The third kappa shape index (κ3) is 3.60. The molecule has 0 radical (unpaired) electrons. The number of benzene rings is 1. The molecule has 1 aromatic carbocycles. The first-order valence-electron chi connectivity index (χ1n) is 5.51. The summed E-state index contributed by atoms with van der Waals surface area (Å²) < 4.78 is 3.43. The van der Waals surface area contributed by atoms with Gasteiger partial charge >= 0.3 is 5.97 Å². The molecule has 2 aromatic rings. The highest BCUT2D eigenvalue weighted by Gasteiger charge is 2.12. The van der Waals surface area contributed by atoms with Gasteiger partial charge in [-0.1, -0.05) is 15.9 Å². The molecule has 2 rings (SSSR count). The second-order valence-electron chi connectivity index (χ2n) is 3.85. The first kappa shape index (κ1) is 14.1. The second kappa shape index (κ2) is 6.25. The lowest BCUT2D eigenvalue weighted by Gasteiger charge is -2.06. The van der Waals surface area contributed by atoms with Gasteiger partial charge in [0.05, 0.1) is 0 Å². The molecule has 0 aliphatic carbocycles. The Morgan fingerprint density at radius 3 is 2.84 bits per heavy atom. The van der Waals surface area contributed by atoms with E-state index in [4.69, 9.17) is 5.11 Å². The quantitative estimate of drug-likeness (QED) is 0.850. The fourth-order valence-corrected chi connectivity index (χ4v) is 2.82. The van der Waals surface area contributed by atoms with E-state index in [1.807, 2.05) is 18.2 Å². The third-order valence-electron chi connectivity index (χ3n) is 2.46. The van der Waals surface area contributed by atoms with Crippen LogP contribution < -0.4 is 0 Å². The SMILES string of the molecule is O=C(O)CCCn1nnnc1-c1ccc(Br)cc1Br. The first-order valence-corrected chi connectivity index (χ1v) is 7.10. The van der Waals surface area contributed by atoms with E-state index in [0.29, 0.717) is 18.8 Å². The number of aliphatic carboxylic acids is 1. The monoisotopic (exact) mass is 388 g/mol. The van der Waals surface area contributed by atoms with Gasteiger partial charge < -0.3 is 5.11 Å².